The van der Waals surface area contributed by atoms with Crippen LogP contribution in [0.4, 0.5) is 0 Å². The Balaban J connectivity index is 2.08. The number of amides is 1. The Morgan fingerprint density at radius 2 is 2.00 bits per heavy atom. The molecule has 0 spiro atoms. The molecule has 19 heavy (non-hydrogen) atoms. The Morgan fingerprint density at radius 3 is 2.63 bits per heavy atom. The van der Waals surface area contributed by atoms with Gasteiger partial charge >= 0.3 is 0 Å². The average Bonchev–Trinajstić information content (AvgIpc) is 2.98. The normalized spacial score (nSPS) is 12.1. The van der Waals surface area contributed by atoms with E-state index in [1.54, 1.807) is 0 Å². The highest BCUT2D eigenvalue weighted by Crippen LogP contribution is 2.19. The fourth-order valence-corrected chi connectivity index (χ4v) is 2.57. The van der Waals surface area contributed by atoms with Crippen molar-refractivity contribution in [3.8, 4) is 0 Å². The van der Waals surface area contributed by atoms with Gasteiger partial charge in [-0.05, 0) is 29.9 Å². The lowest BCUT2D eigenvalue weighted by atomic mass is 10.0. The van der Waals surface area contributed by atoms with Crippen molar-refractivity contribution in [2.75, 3.05) is 6.61 Å². The summed E-state index contributed by atoms with van der Waals surface area (Å²) in [5.74, 6) is -0.0539. The molecule has 0 saturated heterocycles. The summed E-state index contributed by atoms with van der Waals surface area (Å²) in [4.78, 5) is 12.8. The van der Waals surface area contributed by atoms with Crippen molar-refractivity contribution in [3.05, 3.63) is 58.3 Å². The van der Waals surface area contributed by atoms with Gasteiger partial charge in [0.1, 0.15) is 0 Å². The van der Waals surface area contributed by atoms with Crippen molar-refractivity contribution in [2.45, 2.75) is 18.9 Å². The number of aliphatic hydroxyl groups is 1. The molecule has 100 valence electrons. The van der Waals surface area contributed by atoms with Crippen molar-refractivity contribution in [1.29, 1.82) is 0 Å². The van der Waals surface area contributed by atoms with Gasteiger partial charge in [-0.3, -0.25) is 4.79 Å². The van der Waals surface area contributed by atoms with E-state index in [9.17, 15) is 4.79 Å². The van der Waals surface area contributed by atoms with Crippen molar-refractivity contribution < 1.29 is 9.90 Å². The first-order chi connectivity index (χ1) is 9.31. The van der Waals surface area contributed by atoms with Crippen LogP contribution in [0.2, 0.25) is 0 Å². The SMILES string of the molecule is O=C(NC(CCCO)c1ccccc1)c1cccs1. The third kappa shape index (κ3) is 3.91. The molecule has 1 heterocycles. The number of aliphatic hydroxyl groups excluding tert-OH is 1. The third-order valence-electron chi connectivity index (χ3n) is 2.90. The highest BCUT2D eigenvalue weighted by molar-refractivity contribution is 7.12. The molecule has 4 heteroatoms. The summed E-state index contributed by atoms with van der Waals surface area (Å²) < 4.78 is 0. The lowest BCUT2D eigenvalue weighted by Crippen LogP contribution is -2.28. The number of carbonyl (C=O) groups is 1. The molecular formula is C15H17NO2S. The number of carbonyl (C=O) groups excluding carboxylic acids is 1. The standard InChI is InChI=1S/C15H17NO2S/c17-10-4-8-13(12-6-2-1-3-7-12)16-15(18)14-9-5-11-19-14/h1-3,5-7,9,11,13,17H,4,8,10H2,(H,16,18). The highest BCUT2D eigenvalue weighted by atomic mass is 32.1. The van der Waals surface area contributed by atoms with E-state index >= 15 is 0 Å². The molecule has 2 N–H and O–H groups in total. The van der Waals surface area contributed by atoms with Crippen LogP contribution in [0.15, 0.2) is 47.8 Å². The van der Waals surface area contributed by atoms with Crippen LogP contribution in [0.3, 0.4) is 0 Å². The van der Waals surface area contributed by atoms with Crippen LogP contribution >= 0.6 is 11.3 Å². The van der Waals surface area contributed by atoms with Gasteiger partial charge < -0.3 is 10.4 Å². The van der Waals surface area contributed by atoms with Gasteiger partial charge in [0.25, 0.3) is 5.91 Å². The van der Waals surface area contributed by atoms with E-state index < -0.39 is 0 Å². The molecule has 1 aromatic carbocycles. The van der Waals surface area contributed by atoms with Gasteiger partial charge in [0.2, 0.25) is 0 Å². The van der Waals surface area contributed by atoms with E-state index in [0.717, 1.165) is 12.0 Å². The summed E-state index contributed by atoms with van der Waals surface area (Å²) in [5, 5.41) is 13.9. The molecular weight excluding hydrogens is 258 g/mol. The third-order valence-corrected chi connectivity index (χ3v) is 3.77. The number of thiophene rings is 1. The summed E-state index contributed by atoms with van der Waals surface area (Å²) in [7, 11) is 0. The average molecular weight is 275 g/mol. The molecule has 2 aromatic rings. The van der Waals surface area contributed by atoms with Gasteiger partial charge in [-0.1, -0.05) is 36.4 Å². The maximum absolute atomic E-state index is 12.1. The molecule has 1 amide bonds. The molecule has 2 rings (SSSR count). The molecule has 0 saturated carbocycles. The first-order valence-electron chi connectivity index (χ1n) is 6.31. The molecule has 0 fully saturated rings. The van der Waals surface area contributed by atoms with Crippen molar-refractivity contribution in [1.82, 2.24) is 5.32 Å². The van der Waals surface area contributed by atoms with E-state index in [1.165, 1.54) is 11.3 Å². The minimum Gasteiger partial charge on any atom is -0.396 e. The van der Waals surface area contributed by atoms with Crippen LogP contribution in [0.1, 0.15) is 34.1 Å². The van der Waals surface area contributed by atoms with Gasteiger partial charge in [-0.25, -0.2) is 0 Å². The predicted molar refractivity (Wildman–Crippen MR) is 77.3 cm³/mol. The monoisotopic (exact) mass is 275 g/mol. The summed E-state index contributed by atoms with van der Waals surface area (Å²) in [6.45, 7) is 0.137. The van der Waals surface area contributed by atoms with Crippen LogP contribution in [0, 0.1) is 0 Å². The van der Waals surface area contributed by atoms with Gasteiger partial charge in [0.15, 0.2) is 0 Å². The lowest BCUT2D eigenvalue weighted by Gasteiger charge is -2.18. The fourth-order valence-electron chi connectivity index (χ4n) is 1.94. The van der Waals surface area contributed by atoms with E-state index in [4.69, 9.17) is 5.11 Å². The largest absolute Gasteiger partial charge is 0.396 e. The number of nitrogens with one attached hydrogen (secondary N) is 1. The number of hydrogen-bond acceptors (Lipinski definition) is 3. The Kier molecular flexibility index (Phi) is 5.12. The topological polar surface area (TPSA) is 49.3 Å². The molecule has 1 aromatic heterocycles. The van der Waals surface area contributed by atoms with E-state index in [-0.39, 0.29) is 18.6 Å². The Hall–Kier alpha value is -1.65. The molecule has 0 aliphatic heterocycles. The smallest absolute Gasteiger partial charge is 0.261 e. The van der Waals surface area contributed by atoms with Crippen LogP contribution in [0.5, 0.6) is 0 Å². The quantitative estimate of drug-likeness (QED) is 0.851. The predicted octanol–water partition coefficient (Wildman–Crippen LogP) is 2.99. The van der Waals surface area contributed by atoms with Gasteiger partial charge in [0, 0.05) is 6.61 Å². The number of benzene rings is 1. The van der Waals surface area contributed by atoms with Crippen LogP contribution < -0.4 is 5.32 Å². The van der Waals surface area contributed by atoms with Gasteiger partial charge in [-0.2, -0.15) is 0 Å². The first kappa shape index (κ1) is 13.8. The summed E-state index contributed by atoms with van der Waals surface area (Å²) in [5.41, 5.74) is 1.07. The molecule has 3 nitrogen and oxygen atoms in total. The molecule has 0 radical (unpaired) electrons. The second-order valence-corrected chi connectivity index (χ2v) is 5.23. The Morgan fingerprint density at radius 1 is 1.21 bits per heavy atom. The van der Waals surface area contributed by atoms with Crippen molar-refractivity contribution in [3.63, 3.8) is 0 Å². The summed E-state index contributed by atoms with van der Waals surface area (Å²) in [6, 6.07) is 13.5. The minimum absolute atomic E-state index is 0.0528. The zero-order chi connectivity index (χ0) is 13.5. The molecule has 0 aliphatic carbocycles. The van der Waals surface area contributed by atoms with E-state index in [2.05, 4.69) is 5.32 Å². The summed E-state index contributed by atoms with van der Waals surface area (Å²) >= 11 is 1.43. The maximum Gasteiger partial charge on any atom is 0.261 e. The summed E-state index contributed by atoms with van der Waals surface area (Å²) in [6.07, 6.45) is 1.40. The number of rotatable bonds is 6. The lowest BCUT2D eigenvalue weighted by molar-refractivity contribution is 0.0936. The molecule has 1 atom stereocenters. The highest BCUT2D eigenvalue weighted by Gasteiger charge is 2.15. The molecule has 0 aliphatic rings. The minimum atomic E-state index is -0.0539. The van der Waals surface area contributed by atoms with Crippen LogP contribution in [-0.2, 0) is 0 Å². The molecule has 1 unspecified atom stereocenters. The first-order valence-corrected chi connectivity index (χ1v) is 7.19. The van der Waals surface area contributed by atoms with E-state index in [0.29, 0.717) is 11.3 Å². The number of hydrogen-bond donors (Lipinski definition) is 2. The molecule has 0 bridgehead atoms. The van der Waals surface area contributed by atoms with E-state index in [1.807, 2.05) is 47.8 Å². The van der Waals surface area contributed by atoms with Crippen molar-refractivity contribution in [2.24, 2.45) is 0 Å². The van der Waals surface area contributed by atoms with Gasteiger partial charge in [-0.15, -0.1) is 11.3 Å². The fraction of sp³-hybridized carbons (Fsp3) is 0.267. The Bertz CT molecular complexity index is 496. The zero-order valence-electron chi connectivity index (χ0n) is 10.6. The maximum atomic E-state index is 12.1. The van der Waals surface area contributed by atoms with Crippen LogP contribution in [0.25, 0.3) is 0 Å². The van der Waals surface area contributed by atoms with Gasteiger partial charge in [0.05, 0.1) is 10.9 Å². The second-order valence-electron chi connectivity index (χ2n) is 4.28. The second kappa shape index (κ2) is 7.07. The Labute approximate surface area is 116 Å². The zero-order valence-corrected chi connectivity index (χ0v) is 11.4. The van der Waals surface area contributed by atoms with Crippen LogP contribution in [-0.4, -0.2) is 17.6 Å². The van der Waals surface area contributed by atoms with Crippen molar-refractivity contribution >= 4 is 17.2 Å².